The molecule has 0 bridgehead atoms. The minimum absolute atomic E-state index is 0.218. The second-order valence-corrected chi connectivity index (χ2v) is 6.44. The zero-order chi connectivity index (χ0) is 16.3. The highest BCUT2D eigenvalue weighted by atomic mass is 32.2. The van der Waals surface area contributed by atoms with Gasteiger partial charge < -0.3 is 4.98 Å². The van der Waals surface area contributed by atoms with Crippen LogP contribution in [0, 0.1) is 0 Å². The molecule has 7 heteroatoms. The van der Waals surface area contributed by atoms with Crippen LogP contribution < -0.4 is 5.69 Å². The Kier molecular flexibility index (Phi) is 4.46. The quantitative estimate of drug-likeness (QED) is 0.784. The summed E-state index contributed by atoms with van der Waals surface area (Å²) in [7, 11) is -3.25. The number of sulfone groups is 1. The predicted molar refractivity (Wildman–Crippen MR) is 86.1 cm³/mol. The largest absolute Gasteiger partial charge is 0.331 e. The number of benzene rings is 1. The van der Waals surface area contributed by atoms with Crippen LogP contribution in [0.1, 0.15) is 13.8 Å². The molecule has 0 saturated heterocycles. The fourth-order valence-electron chi connectivity index (χ4n) is 2.06. The highest BCUT2D eigenvalue weighted by Crippen LogP contribution is 2.16. The van der Waals surface area contributed by atoms with Crippen LogP contribution in [-0.2, 0) is 9.84 Å². The van der Waals surface area contributed by atoms with Crippen molar-refractivity contribution in [3.63, 3.8) is 0 Å². The van der Waals surface area contributed by atoms with Gasteiger partial charge in [0.05, 0.1) is 27.8 Å². The molecule has 1 N–H and O–H groups in total. The Bertz CT molecular complexity index is 938. The maximum Gasteiger partial charge on any atom is 0.331 e. The van der Waals surface area contributed by atoms with Crippen molar-refractivity contribution < 1.29 is 8.42 Å². The summed E-state index contributed by atoms with van der Waals surface area (Å²) >= 11 is 0. The molecule has 0 aliphatic heterocycles. The summed E-state index contributed by atoms with van der Waals surface area (Å²) in [4.78, 5) is 18.8. The van der Waals surface area contributed by atoms with Crippen LogP contribution in [0.2, 0.25) is 0 Å². The van der Waals surface area contributed by atoms with Crippen LogP contribution in [0.3, 0.4) is 0 Å². The van der Waals surface area contributed by atoms with Crippen molar-refractivity contribution >= 4 is 20.9 Å². The number of hydrogen-bond acceptors (Lipinski definition) is 4. The first-order valence-electron chi connectivity index (χ1n) is 6.82. The number of aromatic amines is 1. The molecule has 0 unspecified atom stereocenters. The molecule has 0 spiro atoms. The van der Waals surface area contributed by atoms with Gasteiger partial charge in [0.25, 0.3) is 0 Å². The molecule has 1 aromatic carbocycles. The predicted octanol–water partition coefficient (Wildman–Crippen LogP) is 2.14. The Morgan fingerprint density at radius 2 is 1.73 bits per heavy atom. The van der Waals surface area contributed by atoms with Gasteiger partial charge in [0.2, 0.25) is 0 Å². The van der Waals surface area contributed by atoms with Crippen molar-refractivity contribution in [3.05, 3.63) is 53.2 Å². The van der Waals surface area contributed by atoms with Crippen molar-refractivity contribution in [2.24, 2.45) is 0 Å². The molecule has 2 aromatic heterocycles. The molecule has 3 aromatic rings. The summed E-state index contributed by atoms with van der Waals surface area (Å²) in [5.74, 6) is 0. The number of fused-ring (bicyclic) bond motifs is 1. The van der Waals surface area contributed by atoms with E-state index in [1.54, 1.807) is 30.6 Å². The van der Waals surface area contributed by atoms with Gasteiger partial charge >= 0.3 is 5.69 Å². The highest BCUT2D eigenvalue weighted by molar-refractivity contribution is 7.90. The summed E-state index contributed by atoms with van der Waals surface area (Å²) in [5, 5.41) is 0. The van der Waals surface area contributed by atoms with Gasteiger partial charge in [0, 0.05) is 12.5 Å². The summed E-state index contributed by atoms with van der Waals surface area (Å²) in [5.41, 5.74) is 1.63. The van der Waals surface area contributed by atoms with Gasteiger partial charge in [-0.15, -0.1) is 0 Å². The number of pyridine rings is 1. The number of rotatable bonds is 2. The van der Waals surface area contributed by atoms with Crippen molar-refractivity contribution in [1.82, 2.24) is 14.5 Å². The number of nitrogens with zero attached hydrogens (tertiary/aromatic N) is 2. The molecular formula is C15H17N3O3S. The average molecular weight is 319 g/mol. The summed E-state index contributed by atoms with van der Waals surface area (Å²) in [6.45, 7) is 4.00. The minimum Gasteiger partial charge on any atom is -0.304 e. The third-order valence-corrected chi connectivity index (χ3v) is 4.14. The molecule has 0 radical (unpaired) electrons. The number of imidazole rings is 1. The van der Waals surface area contributed by atoms with Crippen LogP contribution in [0.4, 0.5) is 0 Å². The van der Waals surface area contributed by atoms with Gasteiger partial charge in [-0.2, -0.15) is 0 Å². The lowest BCUT2D eigenvalue weighted by Crippen LogP contribution is -2.14. The fraction of sp³-hybridized carbons (Fsp3) is 0.200. The van der Waals surface area contributed by atoms with Crippen LogP contribution in [0.5, 0.6) is 0 Å². The molecule has 22 heavy (non-hydrogen) atoms. The minimum atomic E-state index is -3.25. The highest BCUT2D eigenvalue weighted by Gasteiger charge is 2.10. The van der Waals surface area contributed by atoms with E-state index in [4.69, 9.17) is 0 Å². The normalized spacial score (nSPS) is 11.0. The number of nitrogens with one attached hydrogen (secondary N) is 1. The Hall–Kier alpha value is -2.41. The Balaban J connectivity index is 0.000000847. The lowest BCUT2D eigenvalue weighted by atomic mass is 10.3. The standard InChI is InChI=1S/C13H11N3O3S.C2H6/c1-20(18,19)10-4-2-9(3-5-10)16-12-6-7-14-8-11(12)15-13(16)17;1-2/h2-8H,1H3,(H,15,17);1-2H3. The maximum atomic E-state index is 12.0. The molecule has 3 rings (SSSR count). The first kappa shape index (κ1) is 16.0. The summed E-state index contributed by atoms with van der Waals surface area (Å²) < 4.78 is 24.3. The average Bonchev–Trinajstić information content (AvgIpc) is 2.84. The molecule has 0 saturated carbocycles. The van der Waals surface area contributed by atoms with E-state index in [0.717, 1.165) is 6.26 Å². The van der Waals surface area contributed by atoms with E-state index in [9.17, 15) is 13.2 Å². The number of aromatic nitrogens is 3. The SMILES string of the molecule is CC.CS(=O)(=O)c1ccc(-n2c(=O)[nH]c3cnccc32)cc1. The monoisotopic (exact) mass is 319 g/mol. The topological polar surface area (TPSA) is 84.8 Å². The van der Waals surface area contributed by atoms with Crippen molar-refractivity contribution in [2.45, 2.75) is 18.7 Å². The molecule has 0 aliphatic carbocycles. The van der Waals surface area contributed by atoms with Crippen LogP contribution in [0.15, 0.2) is 52.4 Å². The smallest absolute Gasteiger partial charge is 0.304 e. The summed E-state index contributed by atoms with van der Waals surface area (Å²) in [6.07, 6.45) is 4.31. The van der Waals surface area contributed by atoms with E-state index >= 15 is 0 Å². The maximum absolute atomic E-state index is 12.0. The molecule has 2 heterocycles. The van der Waals surface area contributed by atoms with E-state index in [1.807, 2.05) is 13.8 Å². The first-order chi connectivity index (χ1) is 10.5. The van der Waals surface area contributed by atoms with Gasteiger partial charge in [-0.25, -0.2) is 13.2 Å². The second-order valence-electron chi connectivity index (χ2n) is 4.42. The van der Waals surface area contributed by atoms with E-state index in [-0.39, 0.29) is 10.6 Å². The van der Waals surface area contributed by atoms with E-state index in [2.05, 4.69) is 9.97 Å². The van der Waals surface area contributed by atoms with E-state index < -0.39 is 9.84 Å². The van der Waals surface area contributed by atoms with Crippen LogP contribution in [0.25, 0.3) is 16.7 Å². The zero-order valence-electron chi connectivity index (χ0n) is 12.6. The van der Waals surface area contributed by atoms with Crippen molar-refractivity contribution in [3.8, 4) is 5.69 Å². The van der Waals surface area contributed by atoms with Gasteiger partial charge in [-0.05, 0) is 30.3 Å². The molecule has 0 aliphatic rings. The third kappa shape index (κ3) is 2.94. The third-order valence-electron chi connectivity index (χ3n) is 3.01. The fourth-order valence-corrected chi connectivity index (χ4v) is 2.69. The van der Waals surface area contributed by atoms with Gasteiger partial charge in [0.15, 0.2) is 9.84 Å². The molecule has 116 valence electrons. The van der Waals surface area contributed by atoms with Crippen molar-refractivity contribution in [1.29, 1.82) is 0 Å². The van der Waals surface area contributed by atoms with E-state index in [1.165, 1.54) is 16.7 Å². The molecular weight excluding hydrogens is 302 g/mol. The lowest BCUT2D eigenvalue weighted by molar-refractivity contribution is 0.602. The van der Waals surface area contributed by atoms with Crippen molar-refractivity contribution in [2.75, 3.05) is 6.26 Å². The van der Waals surface area contributed by atoms with Crippen LogP contribution >= 0.6 is 0 Å². The lowest BCUT2D eigenvalue weighted by Gasteiger charge is -2.04. The first-order valence-corrected chi connectivity index (χ1v) is 8.71. The number of hydrogen-bond donors (Lipinski definition) is 1. The molecule has 0 amide bonds. The van der Waals surface area contributed by atoms with Gasteiger partial charge in [-0.3, -0.25) is 9.55 Å². The molecule has 0 fully saturated rings. The molecule has 0 atom stereocenters. The Morgan fingerprint density at radius 3 is 2.32 bits per heavy atom. The zero-order valence-corrected chi connectivity index (χ0v) is 13.4. The van der Waals surface area contributed by atoms with Gasteiger partial charge in [-0.1, -0.05) is 13.8 Å². The van der Waals surface area contributed by atoms with Gasteiger partial charge in [0.1, 0.15) is 0 Å². The summed E-state index contributed by atoms with van der Waals surface area (Å²) in [6, 6.07) is 7.89. The molecule has 6 nitrogen and oxygen atoms in total. The Labute approximate surface area is 128 Å². The van der Waals surface area contributed by atoms with Crippen LogP contribution in [-0.4, -0.2) is 29.2 Å². The number of H-pyrrole nitrogens is 1. The van der Waals surface area contributed by atoms with E-state index in [0.29, 0.717) is 16.7 Å². The Morgan fingerprint density at radius 1 is 1.09 bits per heavy atom. The second kappa shape index (κ2) is 6.15.